The fourth-order valence-corrected chi connectivity index (χ4v) is 3.94. The highest BCUT2D eigenvalue weighted by Gasteiger charge is 2.28. The van der Waals surface area contributed by atoms with Crippen molar-refractivity contribution >= 4 is 28.7 Å². The average Bonchev–Trinajstić information content (AvgIpc) is 3.03. The maximum Gasteiger partial charge on any atom is 0.410 e. The van der Waals surface area contributed by atoms with Crippen molar-refractivity contribution in [3.05, 3.63) is 39.1 Å². The molecule has 0 atom stereocenters. The Balaban J connectivity index is 1.64. The number of hydrogen-bond acceptors (Lipinski definition) is 3. The standard InChI is InChI=1S/C20H26IN3O2/c1-13-11-15(21)5-6-16(13)18-12-17(22-23-18)14-7-9-24(10-8-14)19(25)26-20(2,3)4/h5-6,11-12,14H,7-10H2,1-4H3,(H,22,23). The van der Waals surface area contributed by atoms with Crippen molar-refractivity contribution in [2.24, 2.45) is 0 Å². The first-order valence-corrected chi connectivity index (χ1v) is 10.1. The van der Waals surface area contributed by atoms with E-state index >= 15 is 0 Å². The van der Waals surface area contributed by atoms with Crippen LogP contribution in [0, 0.1) is 10.5 Å². The number of aryl methyl sites for hydroxylation is 1. The Labute approximate surface area is 168 Å². The Kier molecular flexibility index (Phi) is 5.60. The third kappa shape index (κ3) is 4.58. The van der Waals surface area contributed by atoms with Crippen molar-refractivity contribution in [3.8, 4) is 11.3 Å². The predicted octanol–water partition coefficient (Wildman–Crippen LogP) is 5.10. The van der Waals surface area contributed by atoms with E-state index in [2.05, 4.69) is 64.0 Å². The van der Waals surface area contributed by atoms with E-state index in [9.17, 15) is 4.79 Å². The number of H-pyrrole nitrogens is 1. The molecule has 0 radical (unpaired) electrons. The summed E-state index contributed by atoms with van der Waals surface area (Å²) in [5.74, 6) is 0.402. The van der Waals surface area contributed by atoms with E-state index in [1.54, 1.807) is 0 Å². The molecule has 1 aromatic carbocycles. The fraction of sp³-hybridized carbons (Fsp3) is 0.500. The number of aromatic amines is 1. The molecule has 1 aliphatic rings. The molecule has 2 heterocycles. The first kappa shape index (κ1) is 19.2. The summed E-state index contributed by atoms with van der Waals surface area (Å²) in [6.07, 6.45) is 1.63. The quantitative estimate of drug-likeness (QED) is 0.625. The number of piperidine rings is 1. The highest BCUT2D eigenvalue weighted by molar-refractivity contribution is 14.1. The number of aromatic nitrogens is 2. The molecule has 0 spiro atoms. The van der Waals surface area contributed by atoms with Crippen LogP contribution in [0.1, 0.15) is 50.8 Å². The second-order valence-corrected chi connectivity index (χ2v) is 9.16. The van der Waals surface area contributed by atoms with Gasteiger partial charge < -0.3 is 9.64 Å². The van der Waals surface area contributed by atoms with Gasteiger partial charge in [-0.15, -0.1) is 0 Å². The predicted molar refractivity (Wildman–Crippen MR) is 111 cm³/mol. The number of carbonyl (C=O) groups is 1. The average molecular weight is 467 g/mol. The summed E-state index contributed by atoms with van der Waals surface area (Å²) < 4.78 is 6.70. The van der Waals surface area contributed by atoms with Gasteiger partial charge in [0.1, 0.15) is 5.60 Å². The Bertz CT molecular complexity index is 787. The zero-order chi connectivity index (χ0) is 18.9. The van der Waals surface area contributed by atoms with E-state index < -0.39 is 5.60 Å². The number of ether oxygens (including phenoxy) is 1. The van der Waals surface area contributed by atoms with Gasteiger partial charge in [0.15, 0.2) is 0 Å². The summed E-state index contributed by atoms with van der Waals surface area (Å²) >= 11 is 2.33. The van der Waals surface area contributed by atoms with Gasteiger partial charge in [0.2, 0.25) is 0 Å². The number of halogens is 1. The molecule has 5 nitrogen and oxygen atoms in total. The summed E-state index contributed by atoms with van der Waals surface area (Å²) in [6, 6.07) is 8.56. The lowest BCUT2D eigenvalue weighted by Gasteiger charge is -2.33. The Morgan fingerprint density at radius 2 is 1.96 bits per heavy atom. The molecule has 0 bridgehead atoms. The summed E-state index contributed by atoms with van der Waals surface area (Å²) in [7, 11) is 0. The molecule has 1 saturated heterocycles. The van der Waals surface area contributed by atoms with Crippen LogP contribution in [-0.2, 0) is 4.74 Å². The van der Waals surface area contributed by atoms with Crippen LogP contribution in [0.3, 0.4) is 0 Å². The number of hydrogen-bond donors (Lipinski definition) is 1. The van der Waals surface area contributed by atoms with Crippen molar-refractivity contribution in [2.75, 3.05) is 13.1 Å². The summed E-state index contributed by atoms with van der Waals surface area (Å²) in [6.45, 7) is 9.25. The second-order valence-electron chi connectivity index (χ2n) is 7.91. The molecule has 2 aromatic rings. The van der Waals surface area contributed by atoms with Gasteiger partial charge in [0.25, 0.3) is 0 Å². The van der Waals surface area contributed by atoms with E-state index in [0.717, 1.165) is 37.3 Å². The number of amides is 1. The molecule has 0 unspecified atom stereocenters. The molecule has 1 aliphatic heterocycles. The van der Waals surface area contributed by atoms with Crippen molar-refractivity contribution in [2.45, 2.75) is 52.1 Å². The van der Waals surface area contributed by atoms with Gasteiger partial charge in [-0.2, -0.15) is 5.10 Å². The number of likely N-dealkylation sites (tertiary alicyclic amines) is 1. The van der Waals surface area contributed by atoms with Gasteiger partial charge in [-0.3, -0.25) is 5.10 Å². The van der Waals surface area contributed by atoms with Crippen LogP contribution < -0.4 is 0 Å². The third-order valence-corrected chi connectivity index (χ3v) is 5.32. The maximum absolute atomic E-state index is 12.2. The summed E-state index contributed by atoms with van der Waals surface area (Å²) in [5.41, 5.74) is 4.09. The molecular weight excluding hydrogens is 441 g/mol. The fourth-order valence-electron chi connectivity index (χ4n) is 3.30. The monoisotopic (exact) mass is 467 g/mol. The first-order valence-electron chi connectivity index (χ1n) is 9.03. The minimum atomic E-state index is -0.447. The highest BCUT2D eigenvalue weighted by Crippen LogP contribution is 2.31. The zero-order valence-corrected chi connectivity index (χ0v) is 18.0. The molecule has 0 aliphatic carbocycles. The normalized spacial score (nSPS) is 16.0. The Morgan fingerprint density at radius 1 is 1.27 bits per heavy atom. The van der Waals surface area contributed by atoms with Crippen LogP contribution in [0.2, 0.25) is 0 Å². The van der Waals surface area contributed by atoms with Gasteiger partial charge in [-0.1, -0.05) is 6.07 Å². The van der Waals surface area contributed by atoms with E-state index in [1.165, 1.54) is 14.7 Å². The van der Waals surface area contributed by atoms with Crippen molar-refractivity contribution in [3.63, 3.8) is 0 Å². The van der Waals surface area contributed by atoms with Gasteiger partial charge in [-0.25, -0.2) is 4.79 Å². The van der Waals surface area contributed by atoms with Crippen LogP contribution >= 0.6 is 22.6 Å². The van der Waals surface area contributed by atoms with Gasteiger partial charge in [-0.05, 0) is 86.9 Å². The van der Waals surface area contributed by atoms with E-state index in [1.807, 2.05) is 25.7 Å². The number of nitrogens with one attached hydrogen (secondary N) is 1. The molecule has 1 amide bonds. The maximum atomic E-state index is 12.2. The molecule has 26 heavy (non-hydrogen) atoms. The number of carbonyl (C=O) groups excluding carboxylic acids is 1. The lowest BCUT2D eigenvalue weighted by atomic mass is 9.93. The number of nitrogens with zero attached hydrogens (tertiary/aromatic N) is 2. The second kappa shape index (κ2) is 7.58. The molecule has 6 heteroatoms. The van der Waals surface area contributed by atoms with Crippen molar-refractivity contribution in [1.29, 1.82) is 0 Å². The molecule has 1 fully saturated rings. The minimum absolute atomic E-state index is 0.212. The van der Waals surface area contributed by atoms with Gasteiger partial charge in [0, 0.05) is 33.8 Å². The molecule has 0 saturated carbocycles. The third-order valence-electron chi connectivity index (χ3n) is 4.65. The summed E-state index contributed by atoms with van der Waals surface area (Å²) in [5, 5.41) is 7.73. The topological polar surface area (TPSA) is 58.2 Å². The largest absolute Gasteiger partial charge is 0.444 e. The Morgan fingerprint density at radius 3 is 2.58 bits per heavy atom. The van der Waals surface area contributed by atoms with Gasteiger partial charge >= 0.3 is 6.09 Å². The number of rotatable bonds is 2. The minimum Gasteiger partial charge on any atom is -0.444 e. The smallest absolute Gasteiger partial charge is 0.410 e. The lowest BCUT2D eigenvalue weighted by Crippen LogP contribution is -2.41. The van der Waals surface area contributed by atoms with Crippen LogP contribution in [0.15, 0.2) is 24.3 Å². The SMILES string of the molecule is Cc1cc(I)ccc1-c1cc(C2CCN(C(=O)OC(C)(C)C)CC2)[nH]n1. The van der Waals surface area contributed by atoms with Gasteiger partial charge in [0.05, 0.1) is 5.69 Å². The van der Waals surface area contributed by atoms with Crippen LogP contribution in [0.5, 0.6) is 0 Å². The van der Waals surface area contributed by atoms with E-state index in [4.69, 9.17) is 4.74 Å². The summed E-state index contributed by atoms with van der Waals surface area (Å²) in [4.78, 5) is 14.0. The Hall–Kier alpha value is -1.57. The first-order chi connectivity index (χ1) is 12.2. The zero-order valence-electron chi connectivity index (χ0n) is 15.8. The van der Waals surface area contributed by atoms with E-state index in [0.29, 0.717) is 5.92 Å². The molecule has 1 aromatic heterocycles. The van der Waals surface area contributed by atoms with Crippen molar-refractivity contribution < 1.29 is 9.53 Å². The van der Waals surface area contributed by atoms with Crippen LogP contribution in [-0.4, -0.2) is 39.9 Å². The van der Waals surface area contributed by atoms with Crippen LogP contribution in [0.4, 0.5) is 4.79 Å². The van der Waals surface area contributed by atoms with Crippen molar-refractivity contribution in [1.82, 2.24) is 15.1 Å². The molecular formula is C20H26IN3O2. The molecule has 140 valence electrons. The molecule has 1 N–H and O–H groups in total. The lowest BCUT2D eigenvalue weighted by molar-refractivity contribution is 0.0204. The van der Waals surface area contributed by atoms with E-state index in [-0.39, 0.29) is 6.09 Å². The van der Waals surface area contributed by atoms with Crippen LogP contribution in [0.25, 0.3) is 11.3 Å². The molecule has 3 rings (SSSR count). The highest BCUT2D eigenvalue weighted by atomic mass is 127. The number of benzene rings is 1.